The predicted molar refractivity (Wildman–Crippen MR) is 104 cm³/mol. The van der Waals surface area contributed by atoms with Gasteiger partial charge in [0.1, 0.15) is 0 Å². The summed E-state index contributed by atoms with van der Waals surface area (Å²) in [4.78, 5) is 12.6. The van der Waals surface area contributed by atoms with Crippen LogP contribution in [0.4, 0.5) is 11.4 Å². The number of carbonyl (C=O) groups is 1. The van der Waals surface area contributed by atoms with Gasteiger partial charge in [0.05, 0.1) is 21.3 Å². The first-order valence-corrected chi connectivity index (χ1v) is 8.58. The summed E-state index contributed by atoms with van der Waals surface area (Å²) >= 11 is 0. The van der Waals surface area contributed by atoms with Crippen molar-refractivity contribution in [3.8, 4) is 17.2 Å². The Morgan fingerprint density at radius 3 is 2.00 bits per heavy atom. The lowest BCUT2D eigenvalue weighted by molar-refractivity contribution is 0.102. The van der Waals surface area contributed by atoms with E-state index in [0.29, 0.717) is 28.5 Å². The van der Waals surface area contributed by atoms with Crippen molar-refractivity contribution in [3.05, 3.63) is 42.0 Å². The summed E-state index contributed by atoms with van der Waals surface area (Å²) in [6.45, 7) is 3.09. The van der Waals surface area contributed by atoms with Gasteiger partial charge in [-0.2, -0.15) is 0 Å². The van der Waals surface area contributed by atoms with E-state index in [1.54, 1.807) is 12.1 Å². The molecular formula is C20H26N2O4. The molecule has 140 valence electrons. The molecular weight excluding hydrogens is 332 g/mol. The van der Waals surface area contributed by atoms with Gasteiger partial charge in [0.2, 0.25) is 5.75 Å². The third-order valence-electron chi connectivity index (χ3n) is 3.93. The zero-order valence-electron chi connectivity index (χ0n) is 15.7. The second kappa shape index (κ2) is 9.56. The number of hydrogen-bond acceptors (Lipinski definition) is 5. The highest BCUT2D eigenvalue weighted by molar-refractivity contribution is 6.05. The van der Waals surface area contributed by atoms with Gasteiger partial charge in [0.15, 0.2) is 11.5 Å². The van der Waals surface area contributed by atoms with Crippen molar-refractivity contribution >= 4 is 17.3 Å². The summed E-state index contributed by atoms with van der Waals surface area (Å²) in [6.07, 6.45) is 2.27. The normalized spacial score (nSPS) is 10.2. The summed E-state index contributed by atoms with van der Waals surface area (Å²) in [5.74, 6) is 1.07. The Morgan fingerprint density at radius 1 is 0.923 bits per heavy atom. The largest absolute Gasteiger partial charge is 0.493 e. The van der Waals surface area contributed by atoms with Crippen LogP contribution in [0.15, 0.2) is 36.4 Å². The average Bonchev–Trinajstić information content (AvgIpc) is 2.68. The van der Waals surface area contributed by atoms with E-state index in [9.17, 15) is 4.79 Å². The van der Waals surface area contributed by atoms with Crippen LogP contribution in [-0.2, 0) is 0 Å². The Bertz CT molecular complexity index is 704. The highest BCUT2D eigenvalue weighted by atomic mass is 16.5. The van der Waals surface area contributed by atoms with E-state index in [2.05, 4.69) is 17.6 Å². The Labute approximate surface area is 154 Å². The number of unbranched alkanes of at least 4 members (excludes halogenated alkanes) is 1. The predicted octanol–water partition coefficient (Wildman–Crippen LogP) is 4.18. The van der Waals surface area contributed by atoms with E-state index >= 15 is 0 Å². The van der Waals surface area contributed by atoms with E-state index in [1.165, 1.54) is 21.3 Å². The molecule has 1 amide bonds. The Balaban J connectivity index is 2.12. The van der Waals surface area contributed by atoms with Crippen molar-refractivity contribution in [2.45, 2.75) is 19.8 Å². The van der Waals surface area contributed by atoms with Gasteiger partial charge in [0, 0.05) is 23.5 Å². The number of anilines is 2. The van der Waals surface area contributed by atoms with Crippen LogP contribution in [0, 0.1) is 0 Å². The van der Waals surface area contributed by atoms with E-state index in [0.717, 1.165) is 25.1 Å². The summed E-state index contributed by atoms with van der Waals surface area (Å²) in [7, 11) is 4.56. The van der Waals surface area contributed by atoms with Crippen LogP contribution in [0.25, 0.3) is 0 Å². The fourth-order valence-electron chi connectivity index (χ4n) is 2.50. The van der Waals surface area contributed by atoms with Gasteiger partial charge < -0.3 is 24.8 Å². The average molecular weight is 358 g/mol. The SMILES string of the molecule is CCCCNc1ccc(NC(=O)c2cc(OC)c(OC)c(OC)c2)cc1. The first-order chi connectivity index (χ1) is 12.6. The molecule has 0 spiro atoms. The van der Waals surface area contributed by atoms with E-state index in [4.69, 9.17) is 14.2 Å². The minimum atomic E-state index is -0.254. The molecule has 0 aromatic heterocycles. The smallest absolute Gasteiger partial charge is 0.255 e. The minimum Gasteiger partial charge on any atom is -0.493 e. The zero-order valence-corrected chi connectivity index (χ0v) is 15.7. The molecule has 0 bridgehead atoms. The number of methoxy groups -OCH3 is 3. The molecule has 0 heterocycles. The maximum atomic E-state index is 12.6. The summed E-state index contributed by atoms with van der Waals surface area (Å²) in [6, 6.07) is 10.9. The summed E-state index contributed by atoms with van der Waals surface area (Å²) in [5, 5.41) is 6.22. The minimum absolute atomic E-state index is 0.254. The van der Waals surface area contributed by atoms with Gasteiger partial charge in [-0.3, -0.25) is 4.79 Å². The molecule has 0 unspecified atom stereocenters. The van der Waals surface area contributed by atoms with Gasteiger partial charge in [-0.15, -0.1) is 0 Å². The molecule has 2 rings (SSSR count). The number of hydrogen-bond donors (Lipinski definition) is 2. The standard InChI is InChI=1S/C20H26N2O4/c1-5-6-11-21-15-7-9-16(10-8-15)22-20(23)14-12-17(24-2)19(26-4)18(13-14)25-3/h7-10,12-13,21H,5-6,11H2,1-4H3,(H,22,23). The topological polar surface area (TPSA) is 68.8 Å². The molecule has 2 aromatic rings. The highest BCUT2D eigenvalue weighted by Crippen LogP contribution is 2.38. The summed E-state index contributed by atoms with van der Waals surface area (Å²) in [5.41, 5.74) is 2.17. The Hall–Kier alpha value is -2.89. The molecule has 2 N–H and O–H groups in total. The van der Waals surface area contributed by atoms with Crippen molar-refractivity contribution in [1.82, 2.24) is 0 Å². The molecule has 0 aliphatic carbocycles. The van der Waals surface area contributed by atoms with Gasteiger partial charge in [-0.1, -0.05) is 13.3 Å². The maximum absolute atomic E-state index is 12.6. The quantitative estimate of drug-likeness (QED) is 0.658. The van der Waals surface area contributed by atoms with Crippen LogP contribution in [0.3, 0.4) is 0 Å². The molecule has 26 heavy (non-hydrogen) atoms. The second-order valence-electron chi connectivity index (χ2n) is 5.73. The molecule has 0 aliphatic heterocycles. The number of amides is 1. The number of benzene rings is 2. The molecule has 0 saturated carbocycles. The maximum Gasteiger partial charge on any atom is 0.255 e. The van der Waals surface area contributed by atoms with Gasteiger partial charge >= 0.3 is 0 Å². The first kappa shape index (κ1) is 19.4. The fourth-order valence-corrected chi connectivity index (χ4v) is 2.50. The van der Waals surface area contributed by atoms with Crippen molar-refractivity contribution < 1.29 is 19.0 Å². The van der Waals surface area contributed by atoms with Gasteiger partial charge in [0.25, 0.3) is 5.91 Å². The third-order valence-corrected chi connectivity index (χ3v) is 3.93. The second-order valence-corrected chi connectivity index (χ2v) is 5.73. The molecule has 0 saturated heterocycles. The van der Waals surface area contributed by atoms with E-state index in [-0.39, 0.29) is 5.91 Å². The molecule has 6 heteroatoms. The van der Waals surface area contributed by atoms with Gasteiger partial charge in [-0.25, -0.2) is 0 Å². The van der Waals surface area contributed by atoms with Crippen molar-refractivity contribution in [2.75, 3.05) is 38.5 Å². The fraction of sp³-hybridized carbons (Fsp3) is 0.350. The van der Waals surface area contributed by atoms with Crippen LogP contribution in [0.2, 0.25) is 0 Å². The number of nitrogens with one attached hydrogen (secondary N) is 2. The Morgan fingerprint density at radius 2 is 1.50 bits per heavy atom. The zero-order chi connectivity index (χ0) is 18.9. The first-order valence-electron chi connectivity index (χ1n) is 8.58. The lowest BCUT2D eigenvalue weighted by atomic mass is 10.1. The lowest BCUT2D eigenvalue weighted by Gasteiger charge is -2.14. The third kappa shape index (κ3) is 4.81. The van der Waals surface area contributed by atoms with Crippen LogP contribution < -0.4 is 24.8 Å². The van der Waals surface area contributed by atoms with E-state index < -0.39 is 0 Å². The molecule has 0 aliphatic rings. The van der Waals surface area contributed by atoms with E-state index in [1.807, 2.05) is 24.3 Å². The molecule has 0 radical (unpaired) electrons. The van der Waals surface area contributed by atoms with Crippen molar-refractivity contribution in [1.29, 1.82) is 0 Å². The number of carbonyl (C=O) groups excluding carboxylic acids is 1. The van der Waals surface area contributed by atoms with Crippen LogP contribution in [0.5, 0.6) is 17.2 Å². The number of ether oxygens (including phenoxy) is 3. The Kier molecular flexibility index (Phi) is 7.14. The van der Waals surface area contributed by atoms with Crippen LogP contribution >= 0.6 is 0 Å². The molecule has 0 atom stereocenters. The van der Waals surface area contributed by atoms with Crippen molar-refractivity contribution in [3.63, 3.8) is 0 Å². The highest BCUT2D eigenvalue weighted by Gasteiger charge is 2.17. The lowest BCUT2D eigenvalue weighted by Crippen LogP contribution is -2.12. The number of rotatable bonds is 9. The molecule has 0 fully saturated rings. The molecule has 2 aromatic carbocycles. The summed E-state index contributed by atoms with van der Waals surface area (Å²) < 4.78 is 15.9. The molecule has 6 nitrogen and oxygen atoms in total. The monoisotopic (exact) mass is 358 g/mol. The van der Waals surface area contributed by atoms with Crippen LogP contribution in [0.1, 0.15) is 30.1 Å². The van der Waals surface area contributed by atoms with Crippen LogP contribution in [-0.4, -0.2) is 33.8 Å². The van der Waals surface area contributed by atoms with Gasteiger partial charge in [-0.05, 0) is 42.8 Å². The van der Waals surface area contributed by atoms with Crippen molar-refractivity contribution in [2.24, 2.45) is 0 Å².